The third kappa shape index (κ3) is 4.96. The van der Waals surface area contributed by atoms with Crippen LogP contribution in [0.3, 0.4) is 0 Å². The number of hydrogen-bond acceptors (Lipinski definition) is 4. The SMILES string of the molecule is CC(C)(C)S(=O)(=O)CCC(=O)CCc1ccc(N)cc1. The molecule has 2 N–H and O–H groups in total. The molecule has 5 heteroatoms. The van der Waals surface area contributed by atoms with Gasteiger partial charge in [0.25, 0.3) is 0 Å². The van der Waals surface area contributed by atoms with Crippen LogP contribution >= 0.6 is 0 Å². The van der Waals surface area contributed by atoms with Gasteiger partial charge in [0.1, 0.15) is 5.78 Å². The molecule has 1 rings (SSSR count). The van der Waals surface area contributed by atoms with E-state index in [0.29, 0.717) is 18.5 Å². The summed E-state index contributed by atoms with van der Waals surface area (Å²) >= 11 is 0. The van der Waals surface area contributed by atoms with E-state index < -0.39 is 14.6 Å². The van der Waals surface area contributed by atoms with E-state index in [1.807, 2.05) is 12.1 Å². The number of carbonyl (C=O) groups is 1. The molecule has 0 fully saturated rings. The summed E-state index contributed by atoms with van der Waals surface area (Å²) < 4.78 is 23.0. The molecule has 0 aliphatic heterocycles. The predicted molar refractivity (Wildman–Crippen MR) is 82.3 cm³/mol. The van der Waals surface area contributed by atoms with E-state index in [9.17, 15) is 13.2 Å². The van der Waals surface area contributed by atoms with Gasteiger partial charge in [-0.15, -0.1) is 0 Å². The van der Waals surface area contributed by atoms with Crippen molar-refractivity contribution in [1.82, 2.24) is 0 Å². The maximum Gasteiger partial charge on any atom is 0.155 e. The summed E-state index contributed by atoms with van der Waals surface area (Å²) in [7, 11) is -3.22. The maximum absolute atomic E-state index is 11.9. The highest BCUT2D eigenvalue weighted by Gasteiger charge is 2.28. The van der Waals surface area contributed by atoms with Crippen molar-refractivity contribution < 1.29 is 13.2 Å². The van der Waals surface area contributed by atoms with Crippen molar-refractivity contribution >= 4 is 21.3 Å². The molecule has 0 saturated carbocycles. The van der Waals surface area contributed by atoms with Crippen LogP contribution in [-0.2, 0) is 21.1 Å². The van der Waals surface area contributed by atoms with Gasteiger partial charge in [0.15, 0.2) is 9.84 Å². The lowest BCUT2D eigenvalue weighted by molar-refractivity contribution is -0.118. The number of ketones is 1. The molecular formula is C15H23NO3S. The molecule has 0 saturated heterocycles. The van der Waals surface area contributed by atoms with Gasteiger partial charge in [-0.1, -0.05) is 12.1 Å². The third-order valence-corrected chi connectivity index (χ3v) is 5.86. The van der Waals surface area contributed by atoms with Crippen molar-refractivity contribution in [3.8, 4) is 0 Å². The van der Waals surface area contributed by atoms with Crippen LogP contribution in [0.25, 0.3) is 0 Å². The Morgan fingerprint density at radius 3 is 2.15 bits per heavy atom. The number of sulfone groups is 1. The molecule has 0 amide bonds. The molecule has 1 aromatic carbocycles. The summed E-state index contributed by atoms with van der Waals surface area (Å²) in [6.45, 7) is 4.96. The van der Waals surface area contributed by atoms with Crippen LogP contribution in [0.1, 0.15) is 39.2 Å². The average Bonchev–Trinajstić information content (AvgIpc) is 2.34. The minimum Gasteiger partial charge on any atom is -0.399 e. The number of carbonyl (C=O) groups excluding carboxylic acids is 1. The third-order valence-electron chi connectivity index (χ3n) is 3.25. The molecule has 20 heavy (non-hydrogen) atoms. The highest BCUT2D eigenvalue weighted by molar-refractivity contribution is 7.92. The van der Waals surface area contributed by atoms with Crippen molar-refractivity contribution in [2.45, 2.75) is 44.8 Å². The Labute approximate surface area is 121 Å². The van der Waals surface area contributed by atoms with Crippen LogP contribution in [0, 0.1) is 0 Å². The van der Waals surface area contributed by atoms with Crippen LogP contribution < -0.4 is 5.73 Å². The molecule has 0 aliphatic carbocycles. The molecule has 0 aromatic heterocycles. The Kier molecular flexibility index (Phi) is 5.34. The van der Waals surface area contributed by atoms with E-state index in [0.717, 1.165) is 5.56 Å². The normalized spacial score (nSPS) is 12.3. The van der Waals surface area contributed by atoms with Crippen LogP contribution in [0.2, 0.25) is 0 Å². The lowest BCUT2D eigenvalue weighted by Crippen LogP contribution is -2.31. The second-order valence-corrected chi connectivity index (χ2v) is 8.82. The highest BCUT2D eigenvalue weighted by atomic mass is 32.2. The van der Waals surface area contributed by atoms with E-state index in [1.165, 1.54) is 0 Å². The number of nitrogens with two attached hydrogens (primary N) is 1. The fraction of sp³-hybridized carbons (Fsp3) is 0.533. The second-order valence-electron chi connectivity index (χ2n) is 5.96. The fourth-order valence-corrected chi connectivity index (χ4v) is 2.76. The van der Waals surface area contributed by atoms with Crippen molar-refractivity contribution in [2.24, 2.45) is 0 Å². The van der Waals surface area contributed by atoms with Gasteiger partial charge in [-0.25, -0.2) is 8.42 Å². The van der Waals surface area contributed by atoms with Gasteiger partial charge in [0, 0.05) is 18.5 Å². The van der Waals surface area contributed by atoms with Gasteiger partial charge < -0.3 is 5.73 Å². The maximum atomic E-state index is 11.9. The molecule has 0 atom stereocenters. The van der Waals surface area contributed by atoms with Gasteiger partial charge in [0.05, 0.1) is 10.5 Å². The molecule has 0 aliphatic rings. The van der Waals surface area contributed by atoms with Crippen LogP contribution in [-0.4, -0.2) is 24.7 Å². The van der Waals surface area contributed by atoms with Gasteiger partial charge >= 0.3 is 0 Å². The Morgan fingerprint density at radius 1 is 1.10 bits per heavy atom. The Balaban J connectivity index is 2.44. The van der Waals surface area contributed by atoms with E-state index in [2.05, 4.69) is 0 Å². The minimum atomic E-state index is -3.22. The van der Waals surface area contributed by atoms with Crippen molar-refractivity contribution in [3.05, 3.63) is 29.8 Å². The summed E-state index contributed by atoms with van der Waals surface area (Å²) in [5.41, 5.74) is 7.31. The number of Topliss-reactive ketones (excluding diaryl/α,β-unsaturated/α-hetero) is 1. The zero-order valence-corrected chi connectivity index (χ0v) is 13.2. The summed E-state index contributed by atoms with van der Waals surface area (Å²) in [6.07, 6.45) is 1.08. The number of benzene rings is 1. The lowest BCUT2D eigenvalue weighted by Gasteiger charge is -2.18. The number of anilines is 1. The quantitative estimate of drug-likeness (QED) is 0.818. The molecule has 0 heterocycles. The zero-order chi connectivity index (χ0) is 15.4. The standard InChI is InChI=1S/C15H23NO3S/c1-15(2,3)20(18,19)11-10-14(17)9-6-12-4-7-13(16)8-5-12/h4-5,7-8H,6,9-11,16H2,1-3H3. The number of rotatable bonds is 6. The summed E-state index contributed by atoms with van der Waals surface area (Å²) in [4.78, 5) is 11.8. The first-order valence-electron chi connectivity index (χ1n) is 6.70. The van der Waals surface area contributed by atoms with Gasteiger partial charge in [0.2, 0.25) is 0 Å². The molecule has 0 unspecified atom stereocenters. The van der Waals surface area contributed by atoms with Gasteiger partial charge in [-0.3, -0.25) is 4.79 Å². The number of nitrogen functional groups attached to an aromatic ring is 1. The van der Waals surface area contributed by atoms with E-state index >= 15 is 0 Å². The number of hydrogen-bond donors (Lipinski definition) is 1. The minimum absolute atomic E-state index is 0.0188. The highest BCUT2D eigenvalue weighted by Crippen LogP contribution is 2.17. The monoisotopic (exact) mass is 297 g/mol. The Hall–Kier alpha value is -1.36. The smallest absolute Gasteiger partial charge is 0.155 e. The van der Waals surface area contributed by atoms with Crippen LogP contribution in [0.4, 0.5) is 5.69 Å². The molecule has 4 nitrogen and oxygen atoms in total. The average molecular weight is 297 g/mol. The predicted octanol–water partition coefficient (Wildman–Crippen LogP) is 2.37. The van der Waals surface area contributed by atoms with Crippen molar-refractivity contribution in [2.75, 3.05) is 11.5 Å². The zero-order valence-electron chi connectivity index (χ0n) is 12.3. The Bertz CT molecular complexity index is 554. The lowest BCUT2D eigenvalue weighted by atomic mass is 10.1. The van der Waals surface area contributed by atoms with E-state index in [-0.39, 0.29) is 18.0 Å². The molecule has 0 bridgehead atoms. The fourth-order valence-electron chi connectivity index (χ4n) is 1.65. The van der Waals surface area contributed by atoms with E-state index in [4.69, 9.17) is 5.73 Å². The first kappa shape index (κ1) is 16.7. The number of aryl methyl sites for hydroxylation is 1. The van der Waals surface area contributed by atoms with Gasteiger partial charge in [-0.2, -0.15) is 0 Å². The van der Waals surface area contributed by atoms with Gasteiger partial charge in [-0.05, 0) is 44.9 Å². The molecule has 0 radical (unpaired) electrons. The molecule has 0 spiro atoms. The van der Waals surface area contributed by atoms with E-state index in [1.54, 1.807) is 32.9 Å². The van der Waals surface area contributed by atoms with Crippen molar-refractivity contribution in [3.63, 3.8) is 0 Å². The van der Waals surface area contributed by atoms with Crippen LogP contribution in [0.15, 0.2) is 24.3 Å². The largest absolute Gasteiger partial charge is 0.399 e. The van der Waals surface area contributed by atoms with Crippen molar-refractivity contribution in [1.29, 1.82) is 0 Å². The summed E-state index contributed by atoms with van der Waals surface area (Å²) in [5, 5.41) is 0. The molecule has 1 aromatic rings. The Morgan fingerprint density at radius 2 is 1.65 bits per heavy atom. The first-order chi connectivity index (χ1) is 9.12. The topological polar surface area (TPSA) is 77.2 Å². The molecule has 112 valence electrons. The first-order valence-corrected chi connectivity index (χ1v) is 8.35. The summed E-state index contributed by atoms with van der Waals surface area (Å²) in [6, 6.07) is 7.36. The molecular weight excluding hydrogens is 274 g/mol. The summed E-state index contributed by atoms with van der Waals surface area (Å²) in [5.74, 6) is -0.0912. The van der Waals surface area contributed by atoms with Crippen LogP contribution in [0.5, 0.6) is 0 Å². The second kappa shape index (κ2) is 6.39.